The Bertz CT molecular complexity index is 689. The van der Waals surface area contributed by atoms with Crippen LogP contribution >= 0.6 is 11.6 Å². The van der Waals surface area contributed by atoms with Crippen molar-refractivity contribution in [3.8, 4) is 0 Å². The van der Waals surface area contributed by atoms with Crippen molar-refractivity contribution in [2.24, 2.45) is 5.73 Å². The zero-order chi connectivity index (χ0) is 16.1. The largest absolute Gasteiger partial charge is 0.326 e. The minimum Gasteiger partial charge on any atom is -0.326 e. The first-order valence-electron chi connectivity index (χ1n) is 6.08. The average molecular weight is 356 g/mol. The molecule has 0 fully saturated rings. The molecule has 1 aromatic carbocycles. The van der Waals surface area contributed by atoms with Crippen LogP contribution in [0.4, 0.5) is 0 Å². The monoisotopic (exact) mass is 355 g/mol. The third kappa shape index (κ3) is 6.29. The lowest BCUT2D eigenvalue weighted by Gasteiger charge is -2.09. The zero-order valence-corrected chi connectivity index (χ0v) is 13.9. The minimum absolute atomic E-state index is 0.0424. The Labute approximate surface area is 130 Å². The normalized spacial score (nSPS) is 12.5. The standard InChI is InChI=1S/C11H18ClN3O4S2/c1-20(16,17)14-5-2-6-15-21(18,19)10-4-3-9(8-13)11(12)7-10/h3-4,7,14-15H,2,5-6,8,13H2,1H3. The molecule has 4 N–H and O–H groups in total. The van der Waals surface area contributed by atoms with Crippen LogP contribution in [-0.4, -0.2) is 36.2 Å². The summed E-state index contributed by atoms with van der Waals surface area (Å²) in [6.45, 7) is 0.499. The fourth-order valence-electron chi connectivity index (χ4n) is 1.50. The average Bonchev–Trinajstić information content (AvgIpc) is 2.36. The van der Waals surface area contributed by atoms with Crippen LogP contribution < -0.4 is 15.2 Å². The van der Waals surface area contributed by atoms with E-state index in [1.54, 1.807) is 6.07 Å². The van der Waals surface area contributed by atoms with Gasteiger partial charge in [0.25, 0.3) is 0 Å². The van der Waals surface area contributed by atoms with Crippen molar-refractivity contribution in [2.75, 3.05) is 19.3 Å². The maximum Gasteiger partial charge on any atom is 0.240 e. The van der Waals surface area contributed by atoms with Crippen LogP contribution in [-0.2, 0) is 26.6 Å². The van der Waals surface area contributed by atoms with Crippen LogP contribution in [0.15, 0.2) is 23.1 Å². The molecule has 120 valence electrons. The highest BCUT2D eigenvalue weighted by molar-refractivity contribution is 7.89. The van der Waals surface area contributed by atoms with Crippen molar-refractivity contribution in [3.63, 3.8) is 0 Å². The molecule has 10 heteroatoms. The van der Waals surface area contributed by atoms with Gasteiger partial charge in [0.2, 0.25) is 20.0 Å². The SMILES string of the molecule is CS(=O)(=O)NCCCNS(=O)(=O)c1ccc(CN)c(Cl)c1. The van der Waals surface area contributed by atoms with Crippen molar-refractivity contribution in [1.29, 1.82) is 0 Å². The zero-order valence-electron chi connectivity index (χ0n) is 11.5. The molecule has 0 aliphatic heterocycles. The fourth-order valence-corrected chi connectivity index (χ4v) is 3.43. The second-order valence-electron chi connectivity index (χ2n) is 4.38. The summed E-state index contributed by atoms with van der Waals surface area (Å²) in [6.07, 6.45) is 1.37. The van der Waals surface area contributed by atoms with Crippen molar-refractivity contribution < 1.29 is 16.8 Å². The van der Waals surface area contributed by atoms with E-state index >= 15 is 0 Å². The Hall–Kier alpha value is -0.710. The molecule has 1 aromatic rings. The van der Waals surface area contributed by atoms with E-state index in [0.717, 1.165) is 6.26 Å². The van der Waals surface area contributed by atoms with Gasteiger partial charge >= 0.3 is 0 Å². The first kappa shape index (κ1) is 18.3. The quantitative estimate of drug-likeness (QED) is 0.568. The Morgan fingerprint density at radius 2 is 1.76 bits per heavy atom. The maximum atomic E-state index is 12.0. The van der Waals surface area contributed by atoms with E-state index in [2.05, 4.69) is 9.44 Å². The molecule has 1 rings (SSSR count). The van der Waals surface area contributed by atoms with Gasteiger partial charge in [0.1, 0.15) is 0 Å². The van der Waals surface area contributed by atoms with Crippen LogP contribution in [0.1, 0.15) is 12.0 Å². The van der Waals surface area contributed by atoms with Gasteiger partial charge in [-0.2, -0.15) is 0 Å². The summed E-state index contributed by atoms with van der Waals surface area (Å²) in [7, 11) is -6.94. The van der Waals surface area contributed by atoms with Crippen LogP contribution in [0.2, 0.25) is 5.02 Å². The summed E-state index contributed by atoms with van der Waals surface area (Å²) >= 11 is 5.92. The molecule has 0 heterocycles. The van der Waals surface area contributed by atoms with E-state index in [1.807, 2.05) is 0 Å². The second-order valence-corrected chi connectivity index (χ2v) is 8.38. The first-order valence-corrected chi connectivity index (χ1v) is 9.84. The smallest absolute Gasteiger partial charge is 0.240 e. The summed E-state index contributed by atoms with van der Waals surface area (Å²) < 4.78 is 50.3. The second kappa shape index (κ2) is 7.52. The molecule has 0 spiro atoms. The molecule has 0 aliphatic carbocycles. The first-order chi connectivity index (χ1) is 9.65. The molecular weight excluding hydrogens is 338 g/mol. The van der Waals surface area contributed by atoms with Gasteiger partial charge in [-0.05, 0) is 24.1 Å². The van der Waals surface area contributed by atoms with Gasteiger partial charge in [0.15, 0.2) is 0 Å². The van der Waals surface area contributed by atoms with E-state index in [-0.39, 0.29) is 24.5 Å². The van der Waals surface area contributed by atoms with Crippen LogP contribution in [0.5, 0.6) is 0 Å². The Morgan fingerprint density at radius 1 is 1.14 bits per heavy atom. The topological polar surface area (TPSA) is 118 Å². The molecule has 0 amide bonds. The maximum absolute atomic E-state index is 12.0. The molecule has 0 bridgehead atoms. The Kier molecular flexibility index (Phi) is 6.57. The summed E-state index contributed by atoms with van der Waals surface area (Å²) in [6, 6.07) is 4.31. The molecular formula is C11H18ClN3O4S2. The van der Waals surface area contributed by atoms with Crippen molar-refractivity contribution >= 4 is 31.6 Å². The molecule has 0 unspecified atom stereocenters. The number of nitrogens with two attached hydrogens (primary N) is 1. The predicted octanol–water partition coefficient (Wildman–Crippen LogP) is 0.0163. The minimum atomic E-state index is -3.68. The van der Waals surface area contributed by atoms with E-state index in [0.29, 0.717) is 17.0 Å². The molecule has 0 saturated heterocycles. The van der Waals surface area contributed by atoms with Crippen LogP contribution in [0.25, 0.3) is 0 Å². The third-order valence-electron chi connectivity index (χ3n) is 2.56. The number of halogens is 1. The molecule has 21 heavy (non-hydrogen) atoms. The van der Waals surface area contributed by atoms with Gasteiger partial charge in [-0.1, -0.05) is 17.7 Å². The molecule has 0 atom stereocenters. The van der Waals surface area contributed by atoms with E-state index in [4.69, 9.17) is 17.3 Å². The lowest BCUT2D eigenvalue weighted by molar-refractivity contribution is 0.575. The highest BCUT2D eigenvalue weighted by Gasteiger charge is 2.14. The van der Waals surface area contributed by atoms with Gasteiger partial charge in [-0.25, -0.2) is 26.3 Å². The van der Waals surface area contributed by atoms with Crippen molar-refractivity contribution in [2.45, 2.75) is 17.9 Å². The van der Waals surface area contributed by atoms with Crippen LogP contribution in [0.3, 0.4) is 0 Å². The molecule has 0 saturated carbocycles. The van der Waals surface area contributed by atoms with Crippen molar-refractivity contribution in [3.05, 3.63) is 28.8 Å². The van der Waals surface area contributed by atoms with Gasteiger partial charge in [0.05, 0.1) is 11.2 Å². The number of benzene rings is 1. The summed E-state index contributed by atoms with van der Waals surface area (Å²) in [5.74, 6) is 0. The Balaban J connectivity index is 2.60. The van der Waals surface area contributed by atoms with Gasteiger partial charge in [-0.3, -0.25) is 0 Å². The summed E-state index contributed by atoms with van der Waals surface area (Å²) in [5, 5.41) is 0.291. The number of rotatable bonds is 8. The number of nitrogens with one attached hydrogen (secondary N) is 2. The van der Waals surface area contributed by atoms with Gasteiger partial charge in [-0.15, -0.1) is 0 Å². The van der Waals surface area contributed by atoms with E-state index < -0.39 is 20.0 Å². The third-order valence-corrected chi connectivity index (χ3v) is 5.10. The van der Waals surface area contributed by atoms with Gasteiger partial charge in [0, 0.05) is 24.7 Å². The van der Waals surface area contributed by atoms with E-state index in [9.17, 15) is 16.8 Å². The van der Waals surface area contributed by atoms with Gasteiger partial charge < -0.3 is 5.73 Å². The lowest BCUT2D eigenvalue weighted by Crippen LogP contribution is -2.29. The fraction of sp³-hybridized carbons (Fsp3) is 0.455. The predicted molar refractivity (Wildman–Crippen MR) is 82.0 cm³/mol. The highest BCUT2D eigenvalue weighted by atomic mass is 35.5. The lowest BCUT2D eigenvalue weighted by atomic mass is 10.2. The van der Waals surface area contributed by atoms with Crippen molar-refractivity contribution in [1.82, 2.24) is 9.44 Å². The molecule has 7 nitrogen and oxygen atoms in total. The van der Waals surface area contributed by atoms with Crippen LogP contribution in [0, 0.1) is 0 Å². The molecule has 0 radical (unpaired) electrons. The highest BCUT2D eigenvalue weighted by Crippen LogP contribution is 2.20. The summed E-state index contributed by atoms with van der Waals surface area (Å²) in [5.41, 5.74) is 6.11. The molecule has 0 aromatic heterocycles. The molecule has 0 aliphatic rings. The Morgan fingerprint density at radius 3 is 2.29 bits per heavy atom. The number of hydrogen-bond donors (Lipinski definition) is 3. The summed E-state index contributed by atoms with van der Waals surface area (Å²) in [4.78, 5) is 0.0424. The van der Waals surface area contributed by atoms with E-state index in [1.165, 1.54) is 12.1 Å². The number of hydrogen-bond acceptors (Lipinski definition) is 5. The number of sulfonamides is 2.